The Kier molecular flexibility index (Phi) is 4.41. The fraction of sp³-hybridized carbons (Fsp3) is 0.636. The van der Waals surface area contributed by atoms with E-state index in [-0.39, 0.29) is 5.78 Å². The van der Waals surface area contributed by atoms with E-state index in [1.165, 1.54) is 13.3 Å². The molecule has 1 aromatic heterocycles. The van der Waals surface area contributed by atoms with E-state index in [1.54, 1.807) is 20.8 Å². The fourth-order valence-corrected chi connectivity index (χ4v) is 1.47. The van der Waals surface area contributed by atoms with Crippen molar-refractivity contribution in [2.24, 2.45) is 5.41 Å². The normalized spacial score (nSPS) is 12.9. The van der Waals surface area contributed by atoms with E-state index in [0.29, 0.717) is 12.1 Å². The van der Waals surface area contributed by atoms with Gasteiger partial charge in [0.25, 0.3) is 0 Å². The number of Topliss-reactive ketones (excluding diaryl/α,β-unsaturated/α-hetero) is 1. The van der Waals surface area contributed by atoms with Gasteiger partial charge in [-0.1, -0.05) is 26.0 Å². The average Bonchev–Trinajstić information content (AvgIpc) is 2.78. The van der Waals surface area contributed by atoms with Crippen LogP contribution in [0.5, 0.6) is 0 Å². The van der Waals surface area contributed by atoms with Gasteiger partial charge in [-0.2, -0.15) is 0 Å². The number of nitrogens with zero attached hydrogens (tertiary/aromatic N) is 2. The van der Waals surface area contributed by atoms with Crippen molar-refractivity contribution in [2.75, 3.05) is 7.11 Å². The molecule has 7 nitrogen and oxygen atoms in total. The van der Waals surface area contributed by atoms with Gasteiger partial charge in [0.15, 0.2) is 5.78 Å². The molecule has 0 fully saturated rings. The van der Waals surface area contributed by atoms with Crippen LogP contribution >= 0.6 is 0 Å². The van der Waals surface area contributed by atoms with Crippen LogP contribution in [0.1, 0.15) is 26.5 Å². The Morgan fingerprint density at radius 1 is 1.50 bits per heavy atom. The van der Waals surface area contributed by atoms with Crippen LogP contribution in [0, 0.1) is 5.41 Å². The summed E-state index contributed by atoms with van der Waals surface area (Å²) in [6, 6.07) is -0.667. The average molecular weight is 254 g/mol. The number of alkyl carbamates (subject to hydrolysis) is 1. The third kappa shape index (κ3) is 3.83. The third-order valence-electron chi connectivity index (χ3n) is 2.42. The molecule has 0 radical (unpaired) electrons. The highest BCUT2D eigenvalue weighted by molar-refractivity contribution is 5.91. The molecular weight excluding hydrogens is 236 g/mol. The predicted octanol–water partition coefficient (Wildman–Crippen LogP) is 0.687. The van der Waals surface area contributed by atoms with Gasteiger partial charge in [-0.3, -0.25) is 9.89 Å². The van der Waals surface area contributed by atoms with Crippen LogP contribution in [0.2, 0.25) is 0 Å². The molecule has 1 amide bonds. The molecule has 2 N–H and O–H groups in total. The Labute approximate surface area is 105 Å². The lowest BCUT2D eigenvalue weighted by molar-refractivity contribution is -0.128. The van der Waals surface area contributed by atoms with Gasteiger partial charge in [0.05, 0.1) is 25.0 Å². The highest BCUT2D eigenvalue weighted by Gasteiger charge is 2.31. The van der Waals surface area contributed by atoms with Crippen molar-refractivity contribution in [1.82, 2.24) is 20.7 Å². The summed E-state index contributed by atoms with van der Waals surface area (Å²) < 4.78 is 4.52. The van der Waals surface area contributed by atoms with Gasteiger partial charge < -0.3 is 10.1 Å². The lowest BCUT2D eigenvalue weighted by Gasteiger charge is -2.24. The van der Waals surface area contributed by atoms with Crippen molar-refractivity contribution in [3.05, 3.63) is 11.9 Å². The molecule has 0 bridgehead atoms. The van der Waals surface area contributed by atoms with Crippen LogP contribution in [0.4, 0.5) is 4.79 Å². The molecule has 0 spiro atoms. The van der Waals surface area contributed by atoms with Crippen molar-refractivity contribution in [3.8, 4) is 0 Å². The molecule has 0 aromatic carbocycles. The van der Waals surface area contributed by atoms with Crippen LogP contribution in [0.25, 0.3) is 0 Å². The maximum Gasteiger partial charge on any atom is 0.407 e. The van der Waals surface area contributed by atoms with Crippen molar-refractivity contribution >= 4 is 11.9 Å². The maximum atomic E-state index is 12.2. The van der Waals surface area contributed by atoms with E-state index in [9.17, 15) is 9.59 Å². The summed E-state index contributed by atoms with van der Waals surface area (Å²) in [5.41, 5.74) is 0.119. The molecule has 1 heterocycles. The van der Waals surface area contributed by atoms with E-state index in [4.69, 9.17) is 0 Å². The quantitative estimate of drug-likeness (QED) is 0.823. The summed E-state index contributed by atoms with van der Waals surface area (Å²) in [6.45, 7) is 5.39. The molecule has 1 aromatic rings. The number of amides is 1. The number of carbonyl (C=O) groups excluding carboxylic acids is 2. The van der Waals surface area contributed by atoms with Gasteiger partial charge in [0, 0.05) is 11.8 Å². The summed E-state index contributed by atoms with van der Waals surface area (Å²) in [5, 5.41) is 12.4. The Balaban J connectivity index is 2.81. The van der Waals surface area contributed by atoms with Crippen molar-refractivity contribution in [1.29, 1.82) is 0 Å². The molecule has 1 rings (SSSR count). The number of H-pyrrole nitrogens is 1. The molecule has 0 aliphatic rings. The molecule has 0 saturated heterocycles. The van der Waals surface area contributed by atoms with Gasteiger partial charge in [-0.15, -0.1) is 5.10 Å². The van der Waals surface area contributed by atoms with Crippen molar-refractivity contribution in [3.63, 3.8) is 0 Å². The van der Waals surface area contributed by atoms with Crippen LogP contribution in [0.3, 0.4) is 0 Å². The first-order valence-corrected chi connectivity index (χ1v) is 5.58. The highest BCUT2D eigenvalue weighted by atomic mass is 16.5. The minimum atomic E-state index is -0.667. The largest absolute Gasteiger partial charge is 0.453 e. The number of ketones is 1. The number of hydrogen-bond donors (Lipinski definition) is 2. The van der Waals surface area contributed by atoms with E-state index < -0.39 is 17.6 Å². The topological polar surface area (TPSA) is 97.0 Å². The predicted molar refractivity (Wildman–Crippen MR) is 63.9 cm³/mol. The summed E-state index contributed by atoms with van der Waals surface area (Å²) in [5.74, 6) is -0.0810. The van der Waals surface area contributed by atoms with Crippen molar-refractivity contribution < 1.29 is 14.3 Å². The van der Waals surface area contributed by atoms with Crippen LogP contribution in [0.15, 0.2) is 6.20 Å². The van der Waals surface area contributed by atoms with Crippen LogP contribution in [-0.4, -0.2) is 40.4 Å². The maximum absolute atomic E-state index is 12.2. The second-order valence-corrected chi connectivity index (χ2v) is 4.99. The molecule has 100 valence electrons. The Morgan fingerprint density at radius 2 is 2.17 bits per heavy atom. The number of nitrogens with one attached hydrogen (secondary N) is 2. The minimum absolute atomic E-state index is 0.0810. The summed E-state index contributed by atoms with van der Waals surface area (Å²) in [7, 11) is 1.26. The minimum Gasteiger partial charge on any atom is -0.453 e. The summed E-state index contributed by atoms with van der Waals surface area (Å²) in [6.07, 6.45) is 1.19. The zero-order valence-electron chi connectivity index (χ0n) is 11.0. The lowest BCUT2D eigenvalue weighted by atomic mass is 9.85. The first kappa shape index (κ1) is 14.1. The van der Waals surface area contributed by atoms with Crippen LogP contribution in [-0.2, 0) is 16.0 Å². The monoisotopic (exact) mass is 254 g/mol. The molecule has 0 saturated carbocycles. The van der Waals surface area contributed by atoms with E-state index in [0.717, 1.165) is 0 Å². The number of carbonyl (C=O) groups is 2. The molecule has 18 heavy (non-hydrogen) atoms. The second-order valence-electron chi connectivity index (χ2n) is 4.99. The molecule has 1 atom stereocenters. The number of methoxy groups -OCH3 is 1. The van der Waals surface area contributed by atoms with Gasteiger partial charge in [-0.05, 0) is 0 Å². The highest BCUT2D eigenvalue weighted by Crippen LogP contribution is 2.18. The molecule has 0 aliphatic heterocycles. The number of aromatic amines is 1. The van der Waals surface area contributed by atoms with E-state index in [2.05, 4.69) is 25.5 Å². The smallest absolute Gasteiger partial charge is 0.407 e. The Bertz CT molecular complexity index is 408. The lowest BCUT2D eigenvalue weighted by Crippen LogP contribution is -2.47. The molecule has 0 aliphatic carbocycles. The SMILES string of the molecule is COC(=O)N[C@@H](Cc1cnn[nH]1)C(=O)C(C)(C)C. The number of rotatable bonds is 4. The summed E-state index contributed by atoms with van der Waals surface area (Å²) >= 11 is 0. The van der Waals surface area contributed by atoms with Gasteiger partial charge in [-0.25, -0.2) is 4.79 Å². The molecule has 0 unspecified atom stereocenters. The standard InChI is InChI=1S/C11H18N4O3/c1-11(2,3)9(16)8(13-10(17)18-4)5-7-6-12-15-14-7/h6,8H,5H2,1-4H3,(H,13,17)(H,12,14,15)/t8-/m0/s1. The first-order valence-electron chi connectivity index (χ1n) is 5.58. The van der Waals surface area contributed by atoms with Crippen molar-refractivity contribution in [2.45, 2.75) is 33.2 Å². The molecular formula is C11H18N4O3. The number of ether oxygens (including phenoxy) is 1. The zero-order chi connectivity index (χ0) is 13.8. The second kappa shape index (κ2) is 5.61. The van der Waals surface area contributed by atoms with Gasteiger partial charge in [0.2, 0.25) is 0 Å². The van der Waals surface area contributed by atoms with Gasteiger partial charge >= 0.3 is 6.09 Å². The number of hydrogen-bond acceptors (Lipinski definition) is 5. The summed E-state index contributed by atoms with van der Waals surface area (Å²) in [4.78, 5) is 23.5. The zero-order valence-corrected chi connectivity index (χ0v) is 11.0. The van der Waals surface area contributed by atoms with Gasteiger partial charge in [0.1, 0.15) is 0 Å². The first-order chi connectivity index (χ1) is 8.34. The molecule has 7 heteroatoms. The number of aromatic nitrogens is 3. The Morgan fingerprint density at radius 3 is 2.61 bits per heavy atom. The fourth-order valence-electron chi connectivity index (χ4n) is 1.47. The van der Waals surface area contributed by atoms with E-state index >= 15 is 0 Å². The van der Waals surface area contributed by atoms with E-state index in [1.807, 2.05) is 0 Å². The Hall–Kier alpha value is -1.92. The third-order valence-corrected chi connectivity index (χ3v) is 2.42. The van der Waals surface area contributed by atoms with Crippen LogP contribution < -0.4 is 5.32 Å².